The Bertz CT molecular complexity index is 1030. The molecule has 3 amide bonds. The number of aromatic nitrogens is 3. The second kappa shape index (κ2) is 10.7. The number of hydrogen-bond donors (Lipinski definition) is 3. The minimum Gasteiger partial charge on any atom is -0.354 e. The SMILES string of the molecule is C[C@@H]1CCN(C(=O)CC#N)C[C@@H]1N(C)c1ncnc2c1ccn2C(=O)NNC(=O)CN.Cl. The van der Waals surface area contributed by atoms with Crippen LogP contribution < -0.4 is 21.5 Å². The van der Waals surface area contributed by atoms with E-state index in [4.69, 9.17) is 11.0 Å². The molecule has 0 aliphatic carbocycles. The summed E-state index contributed by atoms with van der Waals surface area (Å²) in [7, 11) is 1.89. The molecule has 1 fully saturated rings. The highest BCUT2D eigenvalue weighted by molar-refractivity contribution is 5.95. The van der Waals surface area contributed by atoms with Crippen molar-refractivity contribution in [2.45, 2.75) is 25.8 Å². The molecule has 13 heteroatoms. The molecular weight excluding hydrogens is 438 g/mol. The van der Waals surface area contributed by atoms with Crippen molar-refractivity contribution in [2.24, 2.45) is 11.7 Å². The van der Waals surface area contributed by atoms with Gasteiger partial charge in [-0.15, -0.1) is 12.4 Å². The van der Waals surface area contributed by atoms with E-state index in [0.717, 1.165) is 6.42 Å². The number of carbonyl (C=O) groups excluding carboxylic acids is 3. The van der Waals surface area contributed by atoms with Crippen molar-refractivity contribution in [1.29, 1.82) is 5.26 Å². The number of hydrogen-bond acceptors (Lipinski definition) is 8. The fourth-order valence-corrected chi connectivity index (χ4v) is 3.73. The van der Waals surface area contributed by atoms with Crippen molar-refractivity contribution in [3.05, 3.63) is 18.6 Å². The van der Waals surface area contributed by atoms with Crippen LogP contribution in [0.5, 0.6) is 0 Å². The van der Waals surface area contributed by atoms with E-state index in [-0.39, 0.29) is 43.2 Å². The third kappa shape index (κ3) is 5.06. The molecule has 4 N–H and O–H groups in total. The van der Waals surface area contributed by atoms with Crippen LogP contribution in [0.3, 0.4) is 0 Å². The number of nitrogens with two attached hydrogens (primary N) is 1. The largest absolute Gasteiger partial charge is 0.354 e. The van der Waals surface area contributed by atoms with E-state index in [2.05, 4.69) is 27.7 Å². The highest BCUT2D eigenvalue weighted by Crippen LogP contribution is 2.29. The zero-order valence-corrected chi connectivity index (χ0v) is 18.6. The Morgan fingerprint density at radius 3 is 2.78 bits per heavy atom. The number of nitrogens with zero attached hydrogens (tertiary/aromatic N) is 6. The van der Waals surface area contributed by atoms with Gasteiger partial charge in [0.1, 0.15) is 18.6 Å². The van der Waals surface area contributed by atoms with Gasteiger partial charge in [-0.05, 0) is 18.4 Å². The van der Waals surface area contributed by atoms with Crippen LogP contribution in [-0.2, 0) is 9.59 Å². The topological polar surface area (TPSA) is 162 Å². The third-order valence-electron chi connectivity index (χ3n) is 5.51. The lowest BCUT2D eigenvalue weighted by Gasteiger charge is -2.42. The van der Waals surface area contributed by atoms with E-state index < -0.39 is 11.9 Å². The fourth-order valence-electron chi connectivity index (χ4n) is 3.73. The van der Waals surface area contributed by atoms with Gasteiger partial charge < -0.3 is 15.5 Å². The van der Waals surface area contributed by atoms with E-state index in [1.807, 2.05) is 18.0 Å². The number of hydrazine groups is 1. The van der Waals surface area contributed by atoms with Crippen LogP contribution in [0.4, 0.5) is 10.6 Å². The van der Waals surface area contributed by atoms with Gasteiger partial charge in [0.05, 0.1) is 24.0 Å². The van der Waals surface area contributed by atoms with Gasteiger partial charge in [0, 0.05) is 26.3 Å². The Balaban J connectivity index is 0.00000363. The second-order valence-electron chi connectivity index (χ2n) is 7.42. The molecule has 1 saturated heterocycles. The van der Waals surface area contributed by atoms with E-state index in [0.29, 0.717) is 29.9 Å². The highest BCUT2D eigenvalue weighted by atomic mass is 35.5. The number of amides is 3. The normalized spacial score (nSPS) is 17.8. The minimum atomic E-state index is -0.594. The average molecular weight is 464 g/mol. The molecular formula is C19H26ClN9O3. The summed E-state index contributed by atoms with van der Waals surface area (Å²) in [5.41, 5.74) is 10.1. The molecule has 3 rings (SSSR count). The summed E-state index contributed by atoms with van der Waals surface area (Å²) in [6, 6.07) is 3.02. The molecule has 0 unspecified atom stereocenters. The maximum atomic E-state index is 12.4. The summed E-state index contributed by atoms with van der Waals surface area (Å²) in [5.74, 6) is 0.205. The van der Waals surface area contributed by atoms with Crippen molar-refractivity contribution in [1.82, 2.24) is 30.3 Å². The van der Waals surface area contributed by atoms with Gasteiger partial charge in [-0.3, -0.25) is 19.6 Å². The second-order valence-corrected chi connectivity index (χ2v) is 7.42. The lowest BCUT2D eigenvalue weighted by atomic mass is 9.92. The van der Waals surface area contributed by atoms with Crippen LogP contribution >= 0.6 is 12.4 Å². The number of likely N-dealkylation sites (tertiary alicyclic amines) is 1. The van der Waals surface area contributed by atoms with Gasteiger partial charge in [-0.1, -0.05) is 6.92 Å². The first-order valence-corrected chi connectivity index (χ1v) is 9.86. The summed E-state index contributed by atoms with van der Waals surface area (Å²) in [6.07, 6.45) is 3.57. The average Bonchev–Trinajstić information content (AvgIpc) is 3.21. The summed E-state index contributed by atoms with van der Waals surface area (Å²) >= 11 is 0. The molecule has 2 aromatic heterocycles. The molecule has 0 saturated carbocycles. The van der Waals surface area contributed by atoms with Crippen molar-refractivity contribution in [3.8, 4) is 6.07 Å². The molecule has 0 aromatic carbocycles. The lowest BCUT2D eigenvalue weighted by Crippen LogP contribution is -2.52. The molecule has 172 valence electrons. The quantitative estimate of drug-likeness (QED) is 0.533. The zero-order chi connectivity index (χ0) is 22.5. The number of anilines is 1. The Morgan fingerprint density at radius 1 is 1.34 bits per heavy atom. The zero-order valence-electron chi connectivity index (χ0n) is 17.8. The van der Waals surface area contributed by atoms with Crippen LogP contribution in [0.25, 0.3) is 11.0 Å². The molecule has 0 radical (unpaired) electrons. The summed E-state index contributed by atoms with van der Waals surface area (Å²) in [5, 5.41) is 9.48. The van der Waals surface area contributed by atoms with Crippen LogP contribution in [0, 0.1) is 17.2 Å². The van der Waals surface area contributed by atoms with E-state index in [9.17, 15) is 14.4 Å². The number of nitrogens with one attached hydrogen (secondary N) is 2. The summed E-state index contributed by atoms with van der Waals surface area (Å²) in [4.78, 5) is 48.2. The standard InChI is InChI=1S/C19H25N9O3.ClH/c1-12-4-7-27(16(30)3-6-20)10-14(12)26(2)17-13-5-8-28(18(13)23-11-22-17)19(31)25-24-15(29)9-21;/h5,8,11-12,14H,3-4,7,9-10,21H2,1-2H3,(H,24,29)(H,25,31);1H/t12-,14+;/m1./s1. The smallest absolute Gasteiger partial charge is 0.345 e. The van der Waals surface area contributed by atoms with Gasteiger partial charge in [-0.2, -0.15) is 5.26 Å². The van der Waals surface area contributed by atoms with Crippen LogP contribution in [0.2, 0.25) is 0 Å². The van der Waals surface area contributed by atoms with Crippen molar-refractivity contribution in [3.63, 3.8) is 0 Å². The van der Waals surface area contributed by atoms with E-state index in [1.165, 1.54) is 17.1 Å². The molecule has 0 bridgehead atoms. The monoisotopic (exact) mass is 463 g/mol. The van der Waals surface area contributed by atoms with Crippen molar-refractivity contribution >= 4 is 47.1 Å². The Hall–Kier alpha value is -3.43. The van der Waals surface area contributed by atoms with Gasteiger partial charge in [0.2, 0.25) is 5.91 Å². The maximum Gasteiger partial charge on any atom is 0.345 e. The van der Waals surface area contributed by atoms with E-state index >= 15 is 0 Å². The first-order chi connectivity index (χ1) is 14.9. The molecule has 12 nitrogen and oxygen atoms in total. The highest BCUT2D eigenvalue weighted by Gasteiger charge is 2.32. The summed E-state index contributed by atoms with van der Waals surface area (Å²) < 4.78 is 1.26. The Kier molecular flexibility index (Phi) is 8.34. The number of piperidine rings is 1. The lowest BCUT2D eigenvalue weighted by molar-refractivity contribution is -0.131. The predicted octanol–water partition coefficient (Wildman–Crippen LogP) is -0.0124. The van der Waals surface area contributed by atoms with Crippen molar-refractivity contribution in [2.75, 3.05) is 31.6 Å². The van der Waals surface area contributed by atoms with Crippen LogP contribution in [0.1, 0.15) is 19.8 Å². The van der Waals surface area contributed by atoms with Crippen LogP contribution in [-0.4, -0.2) is 70.0 Å². The maximum absolute atomic E-state index is 12.4. The minimum absolute atomic E-state index is 0. The number of nitriles is 1. The number of carbonyl (C=O) groups is 3. The number of halogens is 1. The Morgan fingerprint density at radius 2 is 2.09 bits per heavy atom. The van der Waals surface area contributed by atoms with E-state index in [1.54, 1.807) is 11.0 Å². The molecule has 32 heavy (non-hydrogen) atoms. The summed E-state index contributed by atoms with van der Waals surface area (Å²) in [6.45, 7) is 2.97. The third-order valence-corrected chi connectivity index (χ3v) is 5.51. The van der Waals surface area contributed by atoms with Gasteiger partial charge in [0.15, 0.2) is 5.65 Å². The molecule has 3 heterocycles. The number of fused-ring (bicyclic) bond motifs is 1. The number of likely N-dealkylation sites (N-methyl/N-ethyl adjacent to an activating group) is 1. The first kappa shape index (κ1) is 24.8. The van der Waals surface area contributed by atoms with Gasteiger partial charge >= 0.3 is 6.03 Å². The molecule has 1 aliphatic rings. The first-order valence-electron chi connectivity index (χ1n) is 9.86. The fraction of sp³-hybridized carbons (Fsp3) is 0.474. The molecule has 0 spiro atoms. The molecule has 2 aromatic rings. The Labute approximate surface area is 191 Å². The molecule has 1 aliphatic heterocycles. The van der Waals surface area contributed by atoms with Crippen molar-refractivity contribution < 1.29 is 14.4 Å². The molecule has 2 atom stereocenters. The number of rotatable bonds is 4. The van der Waals surface area contributed by atoms with Crippen LogP contribution in [0.15, 0.2) is 18.6 Å². The van der Waals surface area contributed by atoms with Gasteiger partial charge in [-0.25, -0.2) is 20.2 Å². The predicted molar refractivity (Wildman–Crippen MR) is 119 cm³/mol. The van der Waals surface area contributed by atoms with Gasteiger partial charge in [0.25, 0.3) is 5.91 Å².